The van der Waals surface area contributed by atoms with Gasteiger partial charge in [0, 0.05) is 11.1 Å². The molecule has 5 nitrogen and oxygen atoms in total. The minimum Gasteiger partial charge on any atom is -0.459 e. The molecule has 6 heteroatoms. The van der Waals surface area contributed by atoms with E-state index in [1.54, 1.807) is 18.4 Å². The number of hydrogen-bond acceptors (Lipinski definition) is 5. The van der Waals surface area contributed by atoms with Gasteiger partial charge in [0.1, 0.15) is 0 Å². The van der Waals surface area contributed by atoms with Crippen LogP contribution in [0, 0.1) is 0 Å². The van der Waals surface area contributed by atoms with Crippen LogP contribution < -0.4 is 0 Å². The number of furan rings is 1. The first-order chi connectivity index (χ1) is 10.6. The fourth-order valence-corrected chi connectivity index (χ4v) is 2.29. The maximum Gasteiger partial charge on any atom is 0.283 e. The van der Waals surface area contributed by atoms with Gasteiger partial charge in [-0.05, 0) is 43.8 Å². The first-order valence-electron chi connectivity index (χ1n) is 6.95. The van der Waals surface area contributed by atoms with E-state index >= 15 is 0 Å². The molecule has 0 aliphatic rings. The summed E-state index contributed by atoms with van der Waals surface area (Å²) in [4.78, 5) is 2.13. The van der Waals surface area contributed by atoms with Crippen LogP contribution in [0.4, 0.5) is 0 Å². The van der Waals surface area contributed by atoms with Gasteiger partial charge in [0.05, 0.1) is 12.8 Å². The Hall–Kier alpha value is -2.11. The van der Waals surface area contributed by atoms with Crippen molar-refractivity contribution in [3.05, 3.63) is 59.1 Å². The van der Waals surface area contributed by atoms with Crippen molar-refractivity contribution in [1.29, 1.82) is 0 Å². The number of nitrogens with zero attached hydrogens (tertiary/aromatic N) is 3. The zero-order chi connectivity index (χ0) is 15.5. The summed E-state index contributed by atoms with van der Waals surface area (Å²) in [6, 6.07) is 11.6. The Labute approximate surface area is 133 Å². The molecular formula is C16H16ClN3O2. The lowest BCUT2D eigenvalue weighted by molar-refractivity contribution is 0.228. The fourth-order valence-electron chi connectivity index (χ4n) is 2.16. The molecule has 2 heterocycles. The predicted octanol–water partition coefficient (Wildman–Crippen LogP) is 4.18. The molecule has 0 amide bonds. The first-order valence-corrected chi connectivity index (χ1v) is 7.33. The molecule has 0 bridgehead atoms. The normalized spacial score (nSPS) is 12.7. The van der Waals surface area contributed by atoms with Crippen LogP contribution in [0.25, 0.3) is 11.7 Å². The average molecular weight is 318 g/mol. The van der Waals surface area contributed by atoms with Gasteiger partial charge in [-0.3, -0.25) is 4.90 Å². The van der Waals surface area contributed by atoms with E-state index in [0.29, 0.717) is 24.1 Å². The van der Waals surface area contributed by atoms with Crippen molar-refractivity contribution in [2.45, 2.75) is 19.5 Å². The third-order valence-corrected chi connectivity index (χ3v) is 3.85. The third kappa shape index (κ3) is 3.21. The van der Waals surface area contributed by atoms with Gasteiger partial charge in [-0.25, -0.2) is 0 Å². The second kappa shape index (κ2) is 6.34. The molecule has 0 N–H and O–H groups in total. The molecule has 22 heavy (non-hydrogen) atoms. The van der Waals surface area contributed by atoms with Crippen LogP contribution in [0.5, 0.6) is 0 Å². The first kappa shape index (κ1) is 14.8. The van der Waals surface area contributed by atoms with Crippen LogP contribution in [0.2, 0.25) is 5.02 Å². The van der Waals surface area contributed by atoms with Gasteiger partial charge in [-0.1, -0.05) is 23.7 Å². The van der Waals surface area contributed by atoms with E-state index in [1.165, 1.54) is 5.56 Å². The summed E-state index contributed by atoms with van der Waals surface area (Å²) in [7, 11) is 2.01. The summed E-state index contributed by atoms with van der Waals surface area (Å²) < 4.78 is 10.9. The molecule has 3 rings (SSSR count). The molecule has 0 aliphatic heterocycles. The Morgan fingerprint density at radius 1 is 1.18 bits per heavy atom. The van der Waals surface area contributed by atoms with Gasteiger partial charge >= 0.3 is 0 Å². The van der Waals surface area contributed by atoms with Crippen molar-refractivity contribution < 1.29 is 8.83 Å². The molecule has 0 aliphatic carbocycles. The SMILES string of the molecule is CC(c1ccc(Cl)cc1)N(C)Cc1nnc(-c2ccco2)o1. The molecule has 0 saturated heterocycles. The minimum atomic E-state index is 0.205. The van der Waals surface area contributed by atoms with Gasteiger partial charge in [0.15, 0.2) is 5.76 Å². The standard InChI is InChI=1S/C16H16ClN3O2/c1-11(12-5-7-13(17)8-6-12)20(2)10-15-18-19-16(22-15)14-4-3-9-21-14/h3-9,11H,10H2,1-2H3. The lowest BCUT2D eigenvalue weighted by Crippen LogP contribution is -2.22. The van der Waals surface area contributed by atoms with Crippen LogP contribution >= 0.6 is 11.6 Å². The quantitative estimate of drug-likeness (QED) is 0.706. The van der Waals surface area contributed by atoms with Crippen LogP contribution in [0.3, 0.4) is 0 Å². The molecule has 3 aromatic rings. The van der Waals surface area contributed by atoms with E-state index in [-0.39, 0.29) is 6.04 Å². The van der Waals surface area contributed by atoms with Crippen molar-refractivity contribution in [3.63, 3.8) is 0 Å². The summed E-state index contributed by atoms with van der Waals surface area (Å²) in [6.45, 7) is 2.67. The summed E-state index contributed by atoms with van der Waals surface area (Å²) in [5, 5.41) is 8.80. The highest BCUT2D eigenvalue weighted by atomic mass is 35.5. The maximum absolute atomic E-state index is 5.92. The van der Waals surface area contributed by atoms with Crippen LogP contribution in [0.1, 0.15) is 24.4 Å². The van der Waals surface area contributed by atoms with E-state index in [2.05, 4.69) is 22.0 Å². The lowest BCUT2D eigenvalue weighted by Gasteiger charge is -2.23. The van der Waals surface area contributed by atoms with Crippen LogP contribution in [0.15, 0.2) is 51.5 Å². The van der Waals surface area contributed by atoms with E-state index in [9.17, 15) is 0 Å². The molecule has 0 spiro atoms. The number of benzene rings is 1. The van der Waals surface area contributed by atoms with E-state index in [4.69, 9.17) is 20.4 Å². The summed E-state index contributed by atoms with van der Waals surface area (Å²) >= 11 is 5.92. The Bertz CT molecular complexity index is 722. The van der Waals surface area contributed by atoms with Gasteiger partial charge in [-0.15, -0.1) is 10.2 Å². The maximum atomic E-state index is 5.92. The zero-order valence-corrected chi connectivity index (χ0v) is 13.1. The van der Waals surface area contributed by atoms with Gasteiger partial charge in [-0.2, -0.15) is 0 Å². The number of aromatic nitrogens is 2. The van der Waals surface area contributed by atoms with E-state index < -0.39 is 0 Å². The summed E-state index contributed by atoms with van der Waals surface area (Å²) in [5.74, 6) is 1.52. The van der Waals surface area contributed by atoms with Crippen molar-refractivity contribution in [2.24, 2.45) is 0 Å². The summed E-state index contributed by atoms with van der Waals surface area (Å²) in [5.41, 5.74) is 1.18. The minimum absolute atomic E-state index is 0.205. The van der Waals surface area contributed by atoms with Gasteiger partial charge < -0.3 is 8.83 Å². The number of hydrogen-bond donors (Lipinski definition) is 0. The summed E-state index contributed by atoms with van der Waals surface area (Å²) in [6.07, 6.45) is 1.58. The molecule has 1 unspecified atom stereocenters. The number of halogens is 1. The van der Waals surface area contributed by atoms with Crippen LogP contribution in [-0.4, -0.2) is 22.1 Å². The second-order valence-electron chi connectivity index (χ2n) is 5.12. The topological polar surface area (TPSA) is 55.3 Å². The average Bonchev–Trinajstić information content (AvgIpc) is 3.18. The highest BCUT2D eigenvalue weighted by molar-refractivity contribution is 6.30. The molecule has 2 aromatic heterocycles. The Kier molecular flexibility index (Phi) is 4.27. The van der Waals surface area contributed by atoms with Crippen LogP contribution in [-0.2, 0) is 6.54 Å². The van der Waals surface area contributed by atoms with Crippen molar-refractivity contribution >= 4 is 11.6 Å². The molecule has 0 saturated carbocycles. The van der Waals surface area contributed by atoms with Crippen molar-refractivity contribution in [2.75, 3.05) is 7.05 Å². The van der Waals surface area contributed by atoms with Crippen molar-refractivity contribution in [1.82, 2.24) is 15.1 Å². The van der Waals surface area contributed by atoms with Gasteiger partial charge in [0.25, 0.3) is 5.89 Å². The fraction of sp³-hybridized carbons (Fsp3) is 0.250. The highest BCUT2D eigenvalue weighted by Gasteiger charge is 2.16. The van der Waals surface area contributed by atoms with E-state index in [0.717, 1.165) is 5.02 Å². The lowest BCUT2D eigenvalue weighted by atomic mass is 10.1. The Balaban J connectivity index is 1.68. The molecule has 1 atom stereocenters. The predicted molar refractivity (Wildman–Crippen MR) is 83.3 cm³/mol. The molecule has 0 radical (unpaired) electrons. The molecule has 1 aromatic carbocycles. The zero-order valence-electron chi connectivity index (χ0n) is 12.4. The molecule has 0 fully saturated rings. The van der Waals surface area contributed by atoms with Gasteiger partial charge in [0.2, 0.25) is 5.89 Å². The Morgan fingerprint density at radius 2 is 1.95 bits per heavy atom. The highest BCUT2D eigenvalue weighted by Crippen LogP contribution is 2.23. The molecular weight excluding hydrogens is 302 g/mol. The Morgan fingerprint density at radius 3 is 2.64 bits per heavy atom. The smallest absolute Gasteiger partial charge is 0.283 e. The monoisotopic (exact) mass is 317 g/mol. The largest absolute Gasteiger partial charge is 0.459 e. The number of rotatable bonds is 5. The molecule has 114 valence electrons. The second-order valence-corrected chi connectivity index (χ2v) is 5.56. The van der Waals surface area contributed by atoms with E-state index in [1.807, 2.05) is 31.3 Å². The van der Waals surface area contributed by atoms with Crippen molar-refractivity contribution in [3.8, 4) is 11.7 Å². The third-order valence-electron chi connectivity index (χ3n) is 3.60.